The number of carbonyl (C=O) groups excluding carboxylic acids is 2. The van der Waals surface area contributed by atoms with Crippen molar-refractivity contribution in [1.29, 1.82) is 0 Å². The van der Waals surface area contributed by atoms with E-state index in [1.165, 1.54) is 14.0 Å². The van der Waals surface area contributed by atoms with Crippen LogP contribution in [-0.2, 0) is 14.3 Å². The van der Waals surface area contributed by atoms with Gasteiger partial charge in [0.15, 0.2) is 5.78 Å². The van der Waals surface area contributed by atoms with Gasteiger partial charge in [-0.15, -0.1) is 0 Å². The van der Waals surface area contributed by atoms with Gasteiger partial charge in [0.2, 0.25) is 5.91 Å². The lowest BCUT2D eigenvalue weighted by atomic mass is 9.74. The molecule has 1 rings (SSSR count). The second-order valence-electron chi connectivity index (χ2n) is 3.19. The van der Waals surface area contributed by atoms with Crippen LogP contribution in [0.2, 0.25) is 0 Å². The Morgan fingerprint density at radius 3 is 2.67 bits per heavy atom. The molecule has 0 radical (unpaired) electrons. The molecule has 0 spiro atoms. The quantitative estimate of drug-likeness (QED) is 0.629. The van der Waals surface area contributed by atoms with E-state index < -0.39 is 5.60 Å². The summed E-state index contributed by atoms with van der Waals surface area (Å²) in [5.41, 5.74) is -0.800. The maximum Gasteiger partial charge on any atom is 0.217 e. The van der Waals surface area contributed by atoms with Gasteiger partial charge < -0.3 is 10.1 Å². The highest BCUT2D eigenvalue weighted by Gasteiger charge is 2.52. The van der Waals surface area contributed by atoms with Crippen molar-refractivity contribution in [2.45, 2.75) is 31.9 Å². The molecule has 2 unspecified atom stereocenters. The molecular weight excluding hydrogens is 158 g/mol. The van der Waals surface area contributed by atoms with Crippen molar-refractivity contribution in [3.8, 4) is 0 Å². The van der Waals surface area contributed by atoms with Crippen LogP contribution in [0.25, 0.3) is 0 Å². The zero-order valence-corrected chi connectivity index (χ0v) is 7.51. The minimum absolute atomic E-state index is 0.0451. The summed E-state index contributed by atoms with van der Waals surface area (Å²) >= 11 is 0. The molecule has 4 nitrogen and oxygen atoms in total. The van der Waals surface area contributed by atoms with Crippen LogP contribution in [0, 0.1) is 0 Å². The fourth-order valence-electron chi connectivity index (χ4n) is 1.34. The third-order valence-electron chi connectivity index (χ3n) is 2.41. The molecule has 1 aliphatic carbocycles. The van der Waals surface area contributed by atoms with Crippen molar-refractivity contribution < 1.29 is 14.3 Å². The summed E-state index contributed by atoms with van der Waals surface area (Å²) in [5, 5.41) is 2.67. The van der Waals surface area contributed by atoms with E-state index in [4.69, 9.17) is 4.74 Å². The first-order valence-corrected chi connectivity index (χ1v) is 3.86. The summed E-state index contributed by atoms with van der Waals surface area (Å²) in [4.78, 5) is 21.8. The summed E-state index contributed by atoms with van der Waals surface area (Å²) in [5.74, 6) is -0.0838. The van der Waals surface area contributed by atoms with Gasteiger partial charge in [0, 0.05) is 20.5 Å². The number of hydrogen-bond acceptors (Lipinski definition) is 3. The summed E-state index contributed by atoms with van der Waals surface area (Å²) < 4.78 is 5.04. The van der Waals surface area contributed by atoms with Crippen LogP contribution in [0.3, 0.4) is 0 Å². The minimum atomic E-state index is -0.800. The molecule has 0 saturated heterocycles. The Hall–Kier alpha value is -0.900. The highest BCUT2D eigenvalue weighted by molar-refractivity contribution is 5.96. The molecule has 0 bridgehead atoms. The Balaban J connectivity index is 2.60. The van der Waals surface area contributed by atoms with Crippen LogP contribution >= 0.6 is 0 Å². The average molecular weight is 171 g/mol. The van der Waals surface area contributed by atoms with Gasteiger partial charge >= 0.3 is 0 Å². The Kier molecular flexibility index (Phi) is 2.19. The highest BCUT2D eigenvalue weighted by Crippen LogP contribution is 2.31. The second-order valence-corrected chi connectivity index (χ2v) is 3.19. The van der Waals surface area contributed by atoms with E-state index in [0.29, 0.717) is 6.42 Å². The highest BCUT2D eigenvalue weighted by atomic mass is 16.5. The van der Waals surface area contributed by atoms with Crippen LogP contribution in [0.5, 0.6) is 0 Å². The Morgan fingerprint density at radius 1 is 1.75 bits per heavy atom. The van der Waals surface area contributed by atoms with Crippen LogP contribution in [0.1, 0.15) is 20.3 Å². The Bertz CT molecular complexity index is 226. The maximum atomic E-state index is 11.1. The summed E-state index contributed by atoms with van der Waals surface area (Å²) in [7, 11) is 1.48. The lowest BCUT2D eigenvalue weighted by Gasteiger charge is -2.43. The maximum absolute atomic E-state index is 11.1. The first-order chi connectivity index (χ1) is 5.50. The average Bonchev–Trinajstić information content (AvgIpc) is 2.02. The zero-order chi connectivity index (χ0) is 9.35. The molecule has 68 valence electrons. The normalized spacial score (nSPS) is 34.2. The van der Waals surface area contributed by atoms with Crippen molar-refractivity contribution in [2.75, 3.05) is 7.11 Å². The predicted molar refractivity (Wildman–Crippen MR) is 42.6 cm³/mol. The molecule has 1 N–H and O–H groups in total. The third-order valence-corrected chi connectivity index (χ3v) is 2.41. The molecular formula is C8H13NO3. The zero-order valence-electron chi connectivity index (χ0n) is 7.51. The molecule has 0 aromatic rings. The number of ether oxygens (including phenoxy) is 1. The van der Waals surface area contributed by atoms with E-state index in [1.807, 2.05) is 0 Å². The van der Waals surface area contributed by atoms with Gasteiger partial charge in [-0.25, -0.2) is 0 Å². The third kappa shape index (κ3) is 1.22. The number of Topliss-reactive ketones (excluding diaryl/α,β-unsaturated/α-hetero) is 1. The van der Waals surface area contributed by atoms with E-state index in [2.05, 4.69) is 5.32 Å². The van der Waals surface area contributed by atoms with Gasteiger partial charge in [0.25, 0.3) is 0 Å². The van der Waals surface area contributed by atoms with Crippen molar-refractivity contribution >= 4 is 11.7 Å². The largest absolute Gasteiger partial charge is 0.369 e. The monoisotopic (exact) mass is 171 g/mol. The van der Waals surface area contributed by atoms with E-state index in [-0.39, 0.29) is 17.7 Å². The van der Waals surface area contributed by atoms with E-state index >= 15 is 0 Å². The van der Waals surface area contributed by atoms with Crippen molar-refractivity contribution in [2.24, 2.45) is 0 Å². The Morgan fingerprint density at radius 2 is 2.33 bits per heavy atom. The smallest absolute Gasteiger partial charge is 0.217 e. The molecule has 1 aliphatic rings. The van der Waals surface area contributed by atoms with Crippen molar-refractivity contribution in [3.05, 3.63) is 0 Å². The fourth-order valence-corrected chi connectivity index (χ4v) is 1.34. The lowest BCUT2D eigenvalue weighted by molar-refractivity contribution is -0.160. The van der Waals surface area contributed by atoms with E-state index in [1.54, 1.807) is 6.92 Å². The van der Waals surface area contributed by atoms with E-state index in [0.717, 1.165) is 0 Å². The molecule has 1 fully saturated rings. The molecule has 2 atom stereocenters. The first-order valence-electron chi connectivity index (χ1n) is 3.86. The predicted octanol–water partition coefficient (Wildman–Crippen LogP) is -0.131. The standard InChI is InChI=1S/C8H13NO3/c1-5(10)9-6-4-7(11)8(6,2)12-3/h6H,4H2,1-3H3,(H,9,10). The van der Waals surface area contributed by atoms with Crippen molar-refractivity contribution in [1.82, 2.24) is 5.32 Å². The van der Waals surface area contributed by atoms with Gasteiger partial charge in [-0.3, -0.25) is 9.59 Å². The lowest BCUT2D eigenvalue weighted by Crippen LogP contribution is -2.66. The topological polar surface area (TPSA) is 55.4 Å². The first kappa shape index (κ1) is 9.19. The van der Waals surface area contributed by atoms with Gasteiger partial charge in [-0.1, -0.05) is 0 Å². The number of carbonyl (C=O) groups is 2. The van der Waals surface area contributed by atoms with E-state index in [9.17, 15) is 9.59 Å². The van der Waals surface area contributed by atoms with Crippen LogP contribution in [0.4, 0.5) is 0 Å². The van der Waals surface area contributed by atoms with Crippen LogP contribution < -0.4 is 5.32 Å². The fraction of sp³-hybridized carbons (Fsp3) is 0.750. The van der Waals surface area contributed by atoms with Gasteiger partial charge in [-0.2, -0.15) is 0 Å². The number of methoxy groups -OCH3 is 1. The molecule has 0 aliphatic heterocycles. The molecule has 1 amide bonds. The molecule has 0 aromatic carbocycles. The summed E-state index contributed by atoms with van der Waals surface area (Å²) in [6.45, 7) is 3.12. The van der Waals surface area contributed by atoms with Crippen LogP contribution in [0.15, 0.2) is 0 Å². The number of nitrogens with one attached hydrogen (secondary N) is 1. The number of hydrogen-bond donors (Lipinski definition) is 1. The van der Waals surface area contributed by atoms with Gasteiger partial charge in [-0.05, 0) is 6.92 Å². The summed E-state index contributed by atoms with van der Waals surface area (Å²) in [6.07, 6.45) is 0.379. The molecule has 0 aromatic heterocycles. The Labute approximate surface area is 71.3 Å². The number of ketones is 1. The minimum Gasteiger partial charge on any atom is -0.369 e. The number of rotatable bonds is 2. The number of amides is 1. The van der Waals surface area contributed by atoms with Crippen LogP contribution in [-0.4, -0.2) is 30.4 Å². The molecule has 12 heavy (non-hydrogen) atoms. The molecule has 4 heteroatoms. The SMILES string of the molecule is COC1(C)C(=O)CC1NC(C)=O. The van der Waals surface area contributed by atoms with Crippen molar-refractivity contribution in [3.63, 3.8) is 0 Å². The molecule has 0 heterocycles. The molecule has 1 saturated carbocycles. The summed E-state index contributed by atoms with van der Waals surface area (Å²) in [6, 6.07) is -0.160. The van der Waals surface area contributed by atoms with Gasteiger partial charge in [0.05, 0.1) is 6.04 Å². The second kappa shape index (κ2) is 2.86. The van der Waals surface area contributed by atoms with Gasteiger partial charge in [0.1, 0.15) is 5.60 Å².